The summed E-state index contributed by atoms with van der Waals surface area (Å²) in [5, 5.41) is 3.51. The zero-order valence-electron chi connectivity index (χ0n) is 12.6. The van der Waals surface area contributed by atoms with Crippen LogP contribution >= 0.6 is 15.9 Å². The van der Waals surface area contributed by atoms with Crippen LogP contribution in [0.2, 0.25) is 0 Å². The third-order valence-corrected chi connectivity index (χ3v) is 4.74. The summed E-state index contributed by atoms with van der Waals surface area (Å²) in [6.45, 7) is 7.98. The molecule has 2 aliphatic rings. The molecule has 0 aromatic carbocycles. The van der Waals surface area contributed by atoms with Crippen LogP contribution in [-0.2, 0) is 11.3 Å². The quantitative estimate of drug-likeness (QED) is 0.904. The highest BCUT2D eigenvalue weighted by Crippen LogP contribution is 2.46. The van der Waals surface area contributed by atoms with Crippen LogP contribution in [0.3, 0.4) is 0 Å². The average molecular weight is 357 g/mol. The van der Waals surface area contributed by atoms with Gasteiger partial charge in [0.05, 0.1) is 17.3 Å². The van der Waals surface area contributed by atoms with E-state index in [1.165, 1.54) is 0 Å². The van der Waals surface area contributed by atoms with Gasteiger partial charge in [0.15, 0.2) is 0 Å². The van der Waals surface area contributed by atoms with E-state index in [0.29, 0.717) is 17.9 Å². The van der Waals surface area contributed by atoms with Crippen molar-refractivity contribution in [2.45, 2.75) is 39.0 Å². The number of hydrogen-bond donors (Lipinski definition) is 1. The van der Waals surface area contributed by atoms with E-state index in [1.54, 1.807) is 6.26 Å². The Hall–Kier alpha value is -1.01. The molecule has 2 unspecified atom stereocenters. The average Bonchev–Trinajstić information content (AvgIpc) is 2.77. The molecule has 6 heteroatoms. The summed E-state index contributed by atoms with van der Waals surface area (Å²) < 4.78 is 11.8. The Kier molecular flexibility index (Phi) is 3.78. The Labute approximate surface area is 133 Å². The molecule has 1 saturated carbocycles. The van der Waals surface area contributed by atoms with Crippen LogP contribution in [0, 0.1) is 11.8 Å². The number of halogens is 1. The number of rotatable bonds is 3. The van der Waals surface area contributed by atoms with E-state index in [-0.39, 0.29) is 6.09 Å². The van der Waals surface area contributed by atoms with Crippen LogP contribution in [-0.4, -0.2) is 35.7 Å². The van der Waals surface area contributed by atoms with Crippen LogP contribution in [0.25, 0.3) is 0 Å². The predicted octanol–water partition coefficient (Wildman–Crippen LogP) is 3.00. The fourth-order valence-corrected chi connectivity index (χ4v) is 3.31. The molecule has 1 aromatic rings. The Bertz CT molecular complexity index is 525. The molecule has 1 aliphatic carbocycles. The Morgan fingerprint density at radius 1 is 1.48 bits per heavy atom. The lowest BCUT2D eigenvalue weighted by atomic mass is 10.2. The van der Waals surface area contributed by atoms with Gasteiger partial charge in [-0.2, -0.15) is 0 Å². The molecule has 0 spiro atoms. The molecule has 2 fully saturated rings. The number of amides is 1. The highest BCUT2D eigenvalue weighted by molar-refractivity contribution is 9.10. The van der Waals surface area contributed by atoms with Crippen molar-refractivity contribution >= 4 is 22.0 Å². The first-order valence-electron chi connectivity index (χ1n) is 7.28. The van der Waals surface area contributed by atoms with Gasteiger partial charge in [-0.25, -0.2) is 4.79 Å². The zero-order chi connectivity index (χ0) is 15.2. The first-order valence-corrected chi connectivity index (χ1v) is 8.07. The van der Waals surface area contributed by atoms with Crippen molar-refractivity contribution < 1.29 is 13.9 Å². The molecule has 3 rings (SSSR count). The molecule has 1 amide bonds. The van der Waals surface area contributed by atoms with Crippen molar-refractivity contribution in [1.29, 1.82) is 0 Å². The zero-order valence-corrected chi connectivity index (χ0v) is 14.1. The number of hydrogen-bond acceptors (Lipinski definition) is 4. The third-order valence-electron chi connectivity index (χ3n) is 4.04. The second-order valence-corrected chi connectivity index (χ2v) is 7.67. The van der Waals surface area contributed by atoms with Gasteiger partial charge in [0, 0.05) is 19.1 Å². The van der Waals surface area contributed by atoms with Crippen molar-refractivity contribution in [3.63, 3.8) is 0 Å². The molecule has 116 valence electrons. The summed E-state index contributed by atoms with van der Waals surface area (Å²) >= 11 is 3.45. The van der Waals surface area contributed by atoms with E-state index in [4.69, 9.17) is 9.15 Å². The molecule has 1 saturated heterocycles. The molecule has 1 aromatic heterocycles. The molecule has 2 heterocycles. The number of nitrogens with zero attached hydrogens (tertiary/aromatic N) is 1. The maximum atomic E-state index is 12.0. The summed E-state index contributed by atoms with van der Waals surface area (Å²) in [7, 11) is 0. The van der Waals surface area contributed by atoms with Gasteiger partial charge >= 0.3 is 6.09 Å². The second-order valence-electron chi connectivity index (χ2n) is 6.81. The minimum atomic E-state index is -0.424. The summed E-state index contributed by atoms with van der Waals surface area (Å²) in [5.74, 6) is 2.02. The van der Waals surface area contributed by atoms with E-state index in [2.05, 4.69) is 21.2 Å². The molecular weight excluding hydrogens is 336 g/mol. The first-order chi connectivity index (χ1) is 9.85. The van der Waals surface area contributed by atoms with E-state index in [9.17, 15) is 4.79 Å². The van der Waals surface area contributed by atoms with Gasteiger partial charge in [0.2, 0.25) is 0 Å². The molecular formula is C15H21BrN2O3. The number of carbonyl (C=O) groups is 1. The van der Waals surface area contributed by atoms with Gasteiger partial charge < -0.3 is 19.4 Å². The van der Waals surface area contributed by atoms with E-state index in [0.717, 1.165) is 29.9 Å². The van der Waals surface area contributed by atoms with Gasteiger partial charge in [-0.3, -0.25) is 0 Å². The van der Waals surface area contributed by atoms with Gasteiger partial charge in [0.25, 0.3) is 0 Å². The lowest BCUT2D eigenvalue weighted by Crippen LogP contribution is -2.39. The monoisotopic (exact) mass is 356 g/mol. The number of likely N-dealkylation sites (tertiary alicyclic amines) is 1. The van der Waals surface area contributed by atoms with E-state index in [1.807, 2.05) is 31.7 Å². The van der Waals surface area contributed by atoms with Crippen LogP contribution < -0.4 is 5.32 Å². The molecule has 0 bridgehead atoms. The number of nitrogens with one attached hydrogen (secondary N) is 1. The molecule has 1 N–H and O–H groups in total. The van der Waals surface area contributed by atoms with Crippen molar-refractivity contribution in [3.8, 4) is 0 Å². The minimum absolute atomic E-state index is 0.192. The van der Waals surface area contributed by atoms with Gasteiger partial charge in [-0.1, -0.05) is 0 Å². The normalized spacial score (nSPS) is 27.6. The largest absolute Gasteiger partial charge is 0.467 e. The van der Waals surface area contributed by atoms with Gasteiger partial charge in [0.1, 0.15) is 11.4 Å². The van der Waals surface area contributed by atoms with E-state index >= 15 is 0 Å². The highest BCUT2D eigenvalue weighted by atomic mass is 79.9. The van der Waals surface area contributed by atoms with Crippen LogP contribution in [0.15, 0.2) is 21.2 Å². The second kappa shape index (κ2) is 5.32. The van der Waals surface area contributed by atoms with Gasteiger partial charge in [-0.05, 0) is 54.6 Å². The number of furan rings is 1. The predicted molar refractivity (Wildman–Crippen MR) is 81.8 cm³/mol. The SMILES string of the molecule is CC(C)(C)OC(=O)N1CC2C(C1)C2NCc1occc1Br. The number of ether oxygens (including phenoxy) is 1. The molecule has 5 nitrogen and oxygen atoms in total. The maximum absolute atomic E-state index is 12.0. The standard InChI is InChI=1S/C15H21BrN2O3/c1-15(2,3)21-14(19)18-7-9-10(8-18)13(9)17-6-12-11(16)4-5-20-12/h4-5,9-10,13,17H,6-8H2,1-3H3. The Morgan fingerprint density at radius 2 is 2.14 bits per heavy atom. The molecule has 0 radical (unpaired) electrons. The molecule has 21 heavy (non-hydrogen) atoms. The third kappa shape index (κ3) is 3.26. The molecule has 1 aliphatic heterocycles. The van der Waals surface area contributed by atoms with Crippen LogP contribution in [0.5, 0.6) is 0 Å². The summed E-state index contributed by atoms with van der Waals surface area (Å²) in [4.78, 5) is 13.8. The summed E-state index contributed by atoms with van der Waals surface area (Å²) in [6.07, 6.45) is 1.49. The van der Waals surface area contributed by atoms with Crippen molar-refractivity contribution in [2.75, 3.05) is 13.1 Å². The minimum Gasteiger partial charge on any atom is -0.467 e. The number of fused-ring (bicyclic) bond motifs is 1. The maximum Gasteiger partial charge on any atom is 0.410 e. The summed E-state index contributed by atoms with van der Waals surface area (Å²) in [5.41, 5.74) is -0.424. The van der Waals surface area contributed by atoms with E-state index < -0.39 is 5.60 Å². The number of carbonyl (C=O) groups excluding carboxylic acids is 1. The summed E-state index contributed by atoms with van der Waals surface area (Å²) in [6, 6.07) is 2.38. The lowest BCUT2D eigenvalue weighted by molar-refractivity contribution is 0.0269. The van der Waals surface area contributed by atoms with Crippen LogP contribution in [0.1, 0.15) is 26.5 Å². The highest BCUT2D eigenvalue weighted by Gasteiger charge is 2.57. The lowest BCUT2D eigenvalue weighted by Gasteiger charge is -2.26. The van der Waals surface area contributed by atoms with Crippen LogP contribution in [0.4, 0.5) is 4.79 Å². The van der Waals surface area contributed by atoms with Crippen molar-refractivity contribution in [3.05, 3.63) is 22.6 Å². The Morgan fingerprint density at radius 3 is 2.67 bits per heavy atom. The van der Waals surface area contributed by atoms with Crippen molar-refractivity contribution in [2.24, 2.45) is 11.8 Å². The topological polar surface area (TPSA) is 54.7 Å². The molecule has 2 atom stereocenters. The van der Waals surface area contributed by atoms with Crippen molar-refractivity contribution in [1.82, 2.24) is 10.2 Å². The number of piperidine rings is 1. The smallest absolute Gasteiger partial charge is 0.410 e. The Balaban J connectivity index is 1.44. The van der Waals surface area contributed by atoms with Gasteiger partial charge in [-0.15, -0.1) is 0 Å². The fraction of sp³-hybridized carbons (Fsp3) is 0.667. The first kappa shape index (κ1) is 14.9. The fourth-order valence-electron chi connectivity index (χ4n) is 2.97.